The molecule has 0 bridgehead atoms. The van der Waals surface area contributed by atoms with E-state index >= 15 is 0 Å². The maximum absolute atomic E-state index is 11.6. The van der Waals surface area contributed by atoms with Crippen molar-refractivity contribution in [2.75, 3.05) is 30.3 Å². The highest BCUT2D eigenvalue weighted by Gasteiger charge is 2.25. The maximum Gasteiger partial charge on any atom is 0.260 e. The van der Waals surface area contributed by atoms with Gasteiger partial charge in [-0.05, 0) is 30.0 Å². The van der Waals surface area contributed by atoms with Gasteiger partial charge in [-0.1, -0.05) is 0 Å². The van der Waals surface area contributed by atoms with Crippen LogP contribution in [-0.4, -0.2) is 50.8 Å². The number of rotatable bonds is 6. The summed E-state index contributed by atoms with van der Waals surface area (Å²) < 4.78 is 5.80. The lowest BCUT2D eigenvalue weighted by atomic mass is 9.98. The SMILES string of the molecule is Cn1nnc(COCC2CCCN(c3ccnc4sc(C(N)=O)c(N)c34)C2)n1. The number of piperidine rings is 1. The number of nitrogen functional groups attached to an aromatic ring is 1. The molecule has 4 N–H and O–H groups in total. The number of tetrazole rings is 1. The fourth-order valence-corrected chi connectivity index (χ4v) is 4.53. The highest BCUT2D eigenvalue weighted by Crippen LogP contribution is 2.39. The number of nitrogens with two attached hydrogens (primary N) is 2. The van der Waals surface area contributed by atoms with E-state index in [0.717, 1.165) is 41.8 Å². The number of carbonyl (C=O) groups excluding carboxylic acids is 1. The van der Waals surface area contributed by atoms with Crippen LogP contribution in [0.15, 0.2) is 12.3 Å². The normalized spacial score (nSPS) is 17.3. The first kappa shape index (κ1) is 18.6. The molecule has 0 saturated carbocycles. The summed E-state index contributed by atoms with van der Waals surface area (Å²) in [5.41, 5.74) is 13.1. The summed E-state index contributed by atoms with van der Waals surface area (Å²) in [4.78, 5) is 20.8. The van der Waals surface area contributed by atoms with Crippen LogP contribution in [0.3, 0.4) is 0 Å². The van der Waals surface area contributed by atoms with Crippen molar-refractivity contribution < 1.29 is 9.53 Å². The second-order valence-corrected chi connectivity index (χ2v) is 7.88. The zero-order valence-electron chi connectivity index (χ0n) is 15.5. The molecule has 1 amide bonds. The van der Waals surface area contributed by atoms with Crippen LogP contribution >= 0.6 is 11.3 Å². The fraction of sp³-hybridized carbons (Fsp3) is 0.471. The first-order valence-electron chi connectivity index (χ1n) is 9.05. The Hall–Kier alpha value is -2.79. The summed E-state index contributed by atoms with van der Waals surface area (Å²) in [5, 5.41) is 12.7. The van der Waals surface area contributed by atoms with Crippen LogP contribution in [0, 0.1) is 5.92 Å². The molecular formula is C17H22N8O2S. The van der Waals surface area contributed by atoms with Gasteiger partial charge >= 0.3 is 0 Å². The number of amides is 1. The molecular weight excluding hydrogens is 380 g/mol. The van der Waals surface area contributed by atoms with Gasteiger partial charge < -0.3 is 21.1 Å². The summed E-state index contributed by atoms with van der Waals surface area (Å²) in [7, 11) is 1.73. The first-order valence-corrected chi connectivity index (χ1v) is 9.87. The molecule has 3 aromatic rings. The number of carbonyl (C=O) groups is 1. The molecule has 1 aliphatic rings. The molecule has 0 aliphatic carbocycles. The van der Waals surface area contributed by atoms with Crippen molar-refractivity contribution in [2.45, 2.75) is 19.4 Å². The number of hydrogen-bond acceptors (Lipinski definition) is 9. The fourth-order valence-electron chi connectivity index (χ4n) is 3.59. The molecule has 1 unspecified atom stereocenters. The third kappa shape index (κ3) is 3.62. The van der Waals surface area contributed by atoms with Crippen molar-refractivity contribution >= 4 is 38.8 Å². The zero-order chi connectivity index (χ0) is 19.7. The quantitative estimate of drug-likeness (QED) is 0.621. The number of primary amides is 1. The summed E-state index contributed by atoms with van der Waals surface area (Å²) >= 11 is 1.24. The standard InChI is InChI=1S/C17H22N8O2S/c1-24-22-12(21-23-24)9-27-8-10-3-2-6-25(7-10)11-4-5-20-17-13(11)14(18)15(28-17)16(19)26/h4-5,10H,2-3,6-9,18H2,1H3,(H2,19,26). The number of ether oxygens (including phenoxy) is 1. The molecule has 3 aromatic heterocycles. The van der Waals surface area contributed by atoms with Crippen LogP contribution in [0.5, 0.6) is 0 Å². The predicted octanol–water partition coefficient (Wildman–Crippen LogP) is 0.934. The number of pyridine rings is 1. The van der Waals surface area contributed by atoms with E-state index < -0.39 is 5.91 Å². The van der Waals surface area contributed by atoms with Crippen LogP contribution in [0.1, 0.15) is 28.3 Å². The summed E-state index contributed by atoms with van der Waals surface area (Å²) in [5.74, 6) is 0.439. The van der Waals surface area contributed by atoms with Gasteiger partial charge in [-0.25, -0.2) is 4.98 Å². The van der Waals surface area contributed by atoms with Gasteiger partial charge in [0.15, 0.2) is 5.82 Å². The van der Waals surface area contributed by atoms with Gasteiger partial charge in [0, 0.05) is 19.3 Å². The molecule has 148 valence electrons. The maximum atomic E-state index is 11.6. The molecule has 4 rings (SSSR count). The van der Waals surface area contributed by atoms with Gasteiger partial charge in [0.2, 0.25) is 0 Å². The third-order valence-corrected chi connectivity index (χ3v) is 5.95. The van der Waals surface area contributed by atoms with Crippen molar-refractivity contribution in [3.05, 3.63) is 23.0 Å². The minimum atomic E-state index is -0.519. The smallest absolute Gasteiger partial charge is 0.260 e. The van der Waals surface area contributed by atoms with Gasteiger partial charge in [-0.15, -0.1) is 21.5 Å². The minimum Gasteiger partial charge on any atom is -0.397 e. The summed E-state index contributed by atoms with van der Waals surface area (Å²) in [6.45, 7) is 2.73. The second kappa shape index (κ2) is 7.68. The van der Waals surface area contributed by atoms with Gasteiger partial charge in [0.25, 0.3) is 5.91 Å². The number of aryl methyl sites for hydroxylation is 1. The van der Waals surface area contributed by atoms with Crippen molar-refractivity contribution in [3.8, 4) is 0 Å². The van der Waals surface area contributed by atoms with Crippen LogP contribution in [-0.2, 0) is 18.4 Å². The van der Waals surface area contributed by atoms with E-state index in [0.29, 0.717) is 35.5 Å². The molecule has 28 heavy (non-hydrogen) atoms. The first-order chi connectivity index (χ1) is 13.5. The molecule has 1 aliphatic heterocycles. The molecule has 11 heteroatoms. The molecule has 0 aromatic carbocycles. The van der Waals surface area contributed by atoms with E-state index in [1.807, 2.05) is 6.07 Å². The molecule has 4 heterocycles. The molecule has 1 atom stereocenters. The zero-order valence-corrected chi connectivity index (χ0v) is 16.4. The Balaban J connectivity index is 1.47. The molecule has 1 fully saturated rings. The van der Waals surface area contributed by atoms with Crippen molar-refractivity contribution in [3.63, 3.8) is 0 Å². The van der Waals surface area contributed by atoms with Crippen LogP contribution in [0.25, 0.3) is 10.2 Å². The van der Waals surface area contributed by atoms with E-state index in [1.165, 1.54) is 16.1 Å². The topological polar surface area (TPSA) is 138 Å². The Morgan fingerprint density at radius 3 is 3.07 bits per heavy atom. The number of hydrogen-bond donors (Lipinski definition) is 2. The number of thiophene rings is 1. The lowest BCUT2D eigenvalue weighted by molar-refractivity contribution is 0.0773. The minimum absolute atomic E-state index is 0.350. The van der Waals surface area contributed by atoms with E-state index in [-0.39, 0.29) is 0 Å². The van der Waals surface area contributed by atoms with Crippen LogP contribution in [0.2, 0.25) is 0 Å². The Labute approximate surface area is 165 Å². The Kier molecular flexibility index (Phi) is 5.09. The van der Waals surface area contributed by atoms with Crippen LogP contribution < -0.4 is 16.4 Å². The average Bonchev–Trinajstić information content (AvgIpc) is 3.25. The average molecular weight is 402 g/mol. The summed E-state index contributed by atoms with van der Waals surface area (Å²) in [6.07, 6.45) is 3.89. The number of aromatic nitrogens is 5. The van der Waals surface area contributed by atoms with E-state index in [2.05, 4.69) is 25.3 Å². The highest BCUT2D eigenvalue weighted by atomic mass is 32.1. The van der Waals surface area contributed by atoms with Crippen molar-refractivity contribution in [1.82, 2.24) is 25.2 Å². The van der Waals surface area contributed by atoms with Crippen molar-refractivity contribution in [1.29, 1.82) is 0 Å². The Morgan fingerprint density at radius 1 is 1.46 bits per heavy atom. The molecule has 1 saturated heterocycles. The van der Waals surface area contributed by atoms with Gasteiger partial charge in [-0.3, -0.25) is 4.79 Å². The largest absolute Gasteiger partial charge is 0.397 e. The lowest BCUT2D eigenvalue weighted by Crippen LogP contribution is -2.37. The number of fused-ring (bicyclic) bond motifs is 1. The Morgan fingerprint density at radius 2 is 2.32 bits per heavy atom. The van der Waals surface area contributed by atoms with Crippen molar-refractivity contribution in [2.24, 2.45) is 18.7 Å². The second-order valence-electron chi connectivity index (χ2n) is 6.88. The predicted molar refractivity (Wildman–Crippen MR) is 106 cm³/mol. The number of nitrogens with zero attached hydrogens (tertiary/aromatic N) is 6. The van der Waals surface area contributed by atoms with E-state index in [4.69, 9.17) is 16.2 Å². The lowest BCUT2D eigenvalue weighted by Gasteiger charge is -2.34. The van der Waals surface area contributed by atoms with Gasteiger partial charge in [0.05, 0.1) is 30.4 Å². The molecule has 10 nitrogen and oxygen atoms in total. The monoisotopic (exact) mass is 402 g/mol. The van der Waals surface area contributed by atoms with Gasteiger partial charge in [0.1, 0.15) is 16.3 Å². The third-order valence-electron chi connectivity index (χ3n) is 4.82. The number of anilines is 2. The van der Waals surface area contributed by atoms with E-state index in [1.54, 1.807) is 13.2 Å². The highest BCUT2D eigenvalue weighted by molar-refractivity contribution is 7.21. The Bertz CT molecular complexity index is 1000. The molecule has 0 radical (unpaired) electrons. The molecule has 0 spiro atoms. The van der Waals surface area contributed by atoms with E-state index in [9.17, 15) is 4.79 Å². The van der Waals surface area contributed by atoms with Gasteiger partial charge in [-0.2, -0.15) is 4.80 Å². The van der Waals surface area contributed by atoms with Crippen LogP contribution in [0.4, 0.5) is 11.4 Å². The summed E-state index contributed by atoms with van der Waals surface area (Å²) in [6, 6.07) is 1.95.